The lowest BCUT2D eigenvalue weighted by Crippen LogP contribution is -2.09. The van der Waals surface area contributed by atoms with Crippen molar-refractivity contribution >= 4 is 25.7 Å². The van der Waals surface area contributed by atoms with Crippen LogP contribution in [0, 0.1) is 0 Å². The highest BCUT2D eigenvalue weighted by molar-refractivity contribution is 8.13. The normalized spacial score (nSPS) is 11.5. The molecule has 5 nitrogen and oxygen atoms in total. The molecule has 23 heavy (non-hydrogen) atoms. The predicted molar refractivity (Wildman–Crippen MR) is 89.2 cm³/mol. The fraction of sp³-hybridized carbons (Fsp3) is 0.312. The van der Waals surface area contributed by atoms with E-state index >= 15 is 0 Å². The minimum atomic E-state index is -4.10. The second kappa shape index (κ2) is 6.76. The van der Waals surface area contributed by atoms with E-state index in [1.807, 2.05) is 37.3 Å². The number of carbonyl (C=O) groups is 1. The van der Waals surface area contributed by atoms with Gasteiger partial charge in [0, 0.05) is 23.4 Å². The summed E-state index contributed by atoms with van der Waals surface area (Å²) in [5, 5.41) is 0. The molecular formula is C16H18ClNO4S. The summed E-state index contributed by atoms with van der Waals surface area (Å²) in [6.07, 6.45) is 0.414. The Morgan fingerprint density at radius 1 is 1.22 bits per heavy atom. The minimum Gasteiger partial charge on any atom is -0.462 e. The topological polar surface area (TPSA) is 65.4 Å². The van der Waals surface area contributed by atoms with Crippen LogP contribution in [0.4, 0.5) is 0 Å². The van der Waals surface area contributed by atoms with E-state index in [1.165, 1.54) is 0 Å². The third-order valence-electron chi connectivity index (χ3n) is 3.57. The Kier molecular flexibility index (Phi) is 5.16. The van der Waals surface area contributed by atoms with Crippen LogP contribution in [-0.4, -0.2) is 25.6 Å². The Balaban J connectivity index is 2.91. The number of hydrogen-bond acceptors (Lipinski definition) is 4. The third kappa shape index (κ3) is 3.28. The lowest BCUT2D eigenvalue weighted by Gasteiger charge is -2.08. The van der Waals surface area contributed by atoms with Crippen LogP contribution in [0.3, 0.4) is 0 Å². The van der Waals surface area contributed by atoms with Gasteiger partial charge in [0.2, 0.25) is 0 Å². The van der Waals surface area contributed by atoms with Crippen LogP contribution in [0.5, 0.6) is 0 Å². The van der Waals surface area contributed by atoms with E-state index in [0.717, 1.165) is 5.56 Å². The fourth-order valence-corrected chi connectivity index (χ4v) is 4.18. The van der Waals surface area contributed by atoms with Crippen molar-refractivity contribution in [2.45, 2.75) is 25.2 Å². The number of esters is 1. The average molecular weight is 356 g/mol. The zero-order valence-electron chi connectivity index (χ0n) is 13.2. The molecule has 0 spiro atoms. The molecule has 0 N–H and O–H groups in total. The Bertz CT molecular complexity index is 826. The molecule has 0 aliphatic heterocycles. The van der Waals surface area contributed by atoms with Gasteiger partial charge in [0.25, 0.3) is 9.05 Å². The lowest BCUT2D eigenvalue weighted by atomic mass is 10.1. The summed E-state index contributed by atoms with van der Waals surface area (Å²) >= 11 is 0. The van der Waals surface area contributed by atoms with Gasteiger partial charge in [0.15, 0.2) is 0 Å². The maximum Gasteiger partial charge on any atom is 0.341 e. The van der Waals surface area contributed by atoms with Gasteiger partial charge in [-0.3, -0.25) is 0 Å². The van der Waals surface area contributed by atoms with E-state index in [2.05, 4.69) is 0 Å². The van der Waals surface area contributed by atoms with Crippen molar-refractivity contribution in [1.82, 2.24) is 4.57 Å². The van der Waals surface area contributed by atoms with E-state index in [-0.39, 0.29) is 17.1 Å². The average Bonchev–Trinajstić information content (AvgIpc) is 2.81. The van der Waals surface area contributed by atoms with E-state index in [9.17, 15) is 13.2 Å². The van der Waals surface area contributed by atoms with Crippen LogP contribution in [0.2, 0.25) is 0 Å². The summed E-state index contributed by atoms with van der Waals surface area (Å²) in [6, 6.07) is 9.09. The highest BCUT2D eigenvalue weighted by Gasteiger charge is 2.33. The quantitative estimate of drug-likeness (QED) is 0.609. The van der Waals surface area contributed by atoms with Gasteiger partial charge in [0.1, 0.15) is 10.5 Å². The molecule has 0 saturated heterocycles. The zero-order chi connectivity index (χ0) is 17.2. The summed E-state index contributed by atoms with van der Waals surface area (Å²) in [4.78, 5) is 12.3. The predicted octanol–water partition coefficient (Wildman–Crippen LogP) is 3.36. The largest absolute Gasteiger partial charge is 0.462 e. The molecule has 1 aromatic heterocycles. The van der Waals surface area contributed by atoms with Gasteiger partial charge in [-0.05, 0) is 18.9 Å². The first-order valence-electron chi connectivity index (χ1n) is 7.21. The van der Waals surface area contributed by atoms with Crippen molar-refractivity contribution < 1.29 is 17.9 Å². The van der Waals surface area contributed by atoms with Crippen LogP contribution in [-0.2, 0) is 27.3 Å². The molecule has 0 bridgehead atoms. The molecule has 0 saturated carbocycles. The molecule has 0 atom stereocenters. The summed E-state index contributed by atoms with van der Waals surface area (Å²) in [6.45, 7) is 3.62. The number of ether oxygens (including phenoxy) is 1. The van der Waals surface area contributed by atoms with Gasteiger partial charge in [-0.1, -0.05) is 37.3 Å². The van der Waals surface area contributed by atoms with Crippen molar-refractivity contribution in [2.24, 2.45) is 7.05 Å². The van der Waals surface area contributed by atoms with Gasteiger partial charge >= 0.3 is 5.97 Å². The van der Waals surface area contributed by atoms with Crippen molar-refractivity contribution in [3.05, 3.63) is 41.6 Å². The van der Waals surface area contributed by atoms with E-state index < -0.39 is 15.0 Å². The Hall–Kier alpha value is -1.79. The smallest absolute Gasteiger partial charge is 0.341 e. The first-order valence-corrected chi connectivity index (χ1v) is 9.52. The maximum atomic E-state index is 12.4. The van der Waals surface area contributed by atoms with Crippen LogP contribution >= 0.6 is 10.7 Å². The molecule has 0 unspecified atom stereocenters. The van der Waals surface area contributed by atoms with Gasteiger partial charge in [-0.15, -0.1) is 0 Å². The summed E-state index contributed by atoms with van der Waals surface area (Å²) in [7, 11) is 3.23. The van der Waals surface area contributed by atoms with Gasteiger partial charge in [0.05, 0.1) is 12.3 Å². The highest BCUT2D eigenvalue weighted by atomic mass is 35.7. The monoisotopic (exact) mass is 355 g/mol. The number of benzene rings is 1. The zero-order valence-corrected chi connectivity index (χ0v) is 14.7. The van der Waals surface area contributed by atoms with Crippen molar-refractivity contribution in [3.63, 3.8) is 0 Å². The molecule has 7 heteroatoms. The molecule has 124 valence electrons. The van der Waals surface area contributed by atoms with Crippen LogP contribution in [0.1, 0.15) is 29.9 Å². The summed E-state index contributed by atoms with van der Waals surface area (Å²) in [5.41, 5.74) is 1.67. The molecule has 1 heterocycles. The van der Waals surface area contributed by atoms with Crippen molar-refractivity contribution in [3.8, 4) is 11.3 Å². The Morgan fingerprint density at radius 3 is 2.30 bits per heavy atom. The van der Waals surface area contributed by atoms with Gasteiger partial charge in [-0.25, -0.2) is 13.2 Å². The molecule has 0 aliphatic rings. The summed E-state index contributed by atoms with van der Waals surface area (Å²) in [5.74, 6) is -0.694. The Labute approximate surface area is 140 Å². The standard InChI is InChI=1S/C16H18ClNO4S/c1-4-12-15(23(17,20)21)13(16(19)22-5-2)14(18(12)3)11-9-7-6-8-10-11/h6-10H,4-5H2,1-3H3. The molecule has 1 aromatic carbocycles. The van der Waals surface area contributed by atoms with Crippen LogP contribution in [0.15, 0.2) is 35.2 Å². The van der Waals surface area contributed by atoms with E-state index in [4.69, 9.17) is 15.4 Å². The number of aromatic nitrogens is 1. The molecule has 0 fully saturated rings. The lowest BCUT2D eigenvalue weighted by molar-refractivity contribution is 0.0523. The fourth-order valence-electron chi connectivity index (χ4n) is 2.69. The molecule has 0 amide bonds. The van der Waals surface area contributed by atoms with Crippen LogP contribution < -0.4 is 0 Å². The van der Waals surface area contributed by atoms with E-state index in [1.54, 1.807) is 18.5 Å². The minimum absolute atomic E-state index is 0.00704. The number of carbonyl (C=O) groups excluding carboxylic acids is 1. The second-order valence-electron chi connectivity index (χ2n) is 4.94. The number of nitrogens with zero attached hydrogens (tertiary/aromatic N) is 1. The number of halogens is 1. The molecule has 2 rings (SSSR count). The van der Waals surface area contributed by atoms with E-state index in [0.29, 0.717) is 17.8 Å². The van der Waals surface area contributed by atoms with Gasteiger partial charge < -0.3 is 9.30 Å². The molecule has 0 aliphatic carbocycles. The third-order valence-corrected chi connectivity index (χ3v) is 4.96. The molecule has 0 radical (unpaired) electrons. The Morgan fingerprint density at radius 2 is 1.83 bits per heavy atom. The molecular weight excluding hydrogens is 338 g/mol. The van der Waals surface area contributed by atoms with Gasteiger partial charge in [-0.2, -0.15) is 0 Å². The summed E-state index contributed by atoms with van der Waals surface area (Å²) < 4.78 is 30.9. The number of rotatable bonds is 5. The van der Waals surface area contributed by atoms with Crippen LogP contribution in [0.25, 0.3) is 11.3 Å². The SMILES string of the molecule is CCOC(=O)c1c(S(=O)(=O)Cl)c(CC)n(C)c1-c1ccccc1. The molecule has 2 aromatic rings. The van der Waals surface area contributed by atoms with Crippen molar-refractivity contribution in [1.29, 1.82) is 0 Å². The van der Waals surface area contributed by atoms with Crippen molar-refractivity contribution in [2.75, 3.05) is 6.61 Å². The maximum absolute atomic E-state index is 12.4. The number of hydrogen-bond donors (Lipinski definition) is 0. The second-order valence-corrected chi connectivity index (χ2v) is 7.44. The highest BCUT2D eigenvalue weighted by Crippen LogP contribution is 2.36. The first kappa shape index (κ1) is 17.6. The first-order chi connectivity index (χ1) is 10.8.